The molecule has 0 aliphatic carbocycles. The molecule has 0 unspecified atom stereocenters. The summed E-state index contributed by atoms with van der Waals surface area (Å²) < 4.78 is 5.52. The first kappa shape index (κ1) is 19.1. The SMILES string of the molecule is CC(C)C[C@H]1CN(Cc2cc(-c3cccs3)on2)[C@@H](CC(C)C)C(=O)N1. The van der Waals surface area contributed by atoms with Crippen LogP contribution in [0.5, 0.6) is 0 Å². The Kier molecular flexibility index (Phi) is 6.14. The van der Waals surface area contributed by atoms with E-state index in [-0.39, 0.29) is 18.0 Å². The average molecular weight is 376 g/mol. The van der Waals surface area contributed by atoms with E-state index in [1.165, 1.54) is 0 Å². The Balaban J connectivity index is 1.75. The number of carbonyl (C=O) groups is 1. The predicted molar refractivity (Wildman–Crippen MR) is 105 cm³/mol. The molecule has 1 saturated heterocycles. The van der Waals surface area contributed by atoms with Crippen LogP contribution in [0.25, 0.3) is 10.6 Å². The van der Waals surface area contributed by atoms with Crippen molar-refractivity contribution in [2.75, 3.05) is 6.54 Å². The Hall–Kier alpha value is -1.66. The van der Waals surface area contributed by atoms with Gasteiger partial charge in [-0.15, -0.1) is 11.3 Å². The van der Waals surface area contributed by atoms with Gasteiger partial charge in [0.2, 0.25) is 5.91 Å². The maximum atomic E-state index is 12.7. The summed E-state index contributed by atoms with van der Waals surface area (Å²) in [5.41, 5.74) is 0.889. The fourth-order valence-corrected chi connectivity index (χ4v) is 4.30. The first-order valence-corrected chi connectivity index (χ1v) is 10.3. The molecule has 6 heteroatoms. The first-order valence-electron chi connectivity index (χ1n) is 9.46. The monoisotopic (exact) mass is 375 g/mol. The van der Waals surface area contributed by atoms with Gasteiger partial charge in [0.1, 0.15) is 0 Å². The molecule has 2 aromatic rings. The zero-order valence-electron chi connectivity index (χ0n) is 16.1. The standard InChI is InChI=1S/C20H29N3O2S/c1-13(2)8-15-11-23(17(9-14(3)4)20(24)21-15)12-16-10-18(25-22-16)19-6-5-7-26-19/h5-7,10,13-15,17H,8-9,11-12H2,1-4H3,(H,21,24)/t15-,17-/m0/s1. The number of thiophene rings is 1. The lowest BCUT2D eigenvalue weighted by Gasteiger charge is -2.40. The summed E-state index contributed by atoms with van der Waals surface area (Å²) in [6.45, 7) is 10.2. The Morgan fingerprint density at radius 1 is 1.31 bits per heavy atom. The van der Waals surface area contributed by atoms with E-state index in [0.717, 1.165) is 35.7 Å². The van der Waals surface area contributed by atoms with Crippen LogP contribution in [0.3, 0.4) is 0 Å². The highest BCUT2D eigenvalue weighted by molar-refractivity contribution is 7.13. The molecule has 26 heavy (non-hydrogen) atoms. The van der Waals surface area contributed by atoms with Gasteiger partial charge in [-0.25, -0.2) is 0 Å². The van der Waals surface area contributed by atoms with Crippen LogP contribution in [0.4, 0.5) is 0 Å². The van der Waals surface area contributed by atoms with Crippen LogP contribution >= 0.6 is 11.3 Å². The van der Waals surface area contributed by atoms with Gasteiger partial charge in [-0.3, -0.25) is 9.69 Å². The Morgan fingerprint density at radius 3 is 2.73 bits per heavy atom. The van der Waals surface area contributed by atoms with Crippen LogP contribution in [0.1, 0.15) is 46.2 Å². The third-order valence-electron chi connectivity index (χ3n) is 4.68. The Labute approximate surface area is 159 Å². The summed E-state index contributed by atoms with van der Waals surface area (Å²) in [4.78, 5) is 16.1. The number of rotatable bonds is 7. The molecule has 2 atom stereocenters. The van der Waals surface area contributed by atoms with E-state index in [9.17, 15) is 4.79 Å². The average Bonchev–Trinajstić information content (AvgIpc) is 3.21. The molecule has 1 aliphatic heterocycles. The summed E-state index contributed by atoms with van der Waals surface area (Å²) in [5.74, 6) is 1.98. The van der Waals surface area contributed by atoms with E-state index >= 15 is 0 Å². The molecular formula is C20H29N3O2S. The normalized spacial score (nSPS) is 21.5. The summed E-state index contributed by atoms with van der Waals surface area (Å²) in [6, 6.07) is 6.15. The van der Waals surface area contributed by atoms with Gasteiger partial charge in [-0.05, 0) is 36.1 Å². The minimum atomic E-state index is -0.0969. The van der Waals surface area contributed by atoms with Crippen molar-refractivity contribution in [3.8, 4) is 10.6 Å². The summed E-state index contributed by atoms with van der Waals surface area (Å²) in [5, 5.41) is 9.50. The van der Waals surface area contributed by atoms with E-state index < -0.39 is 0 Å². The number of hydrogen-bond acceptors (Lipinski definition) is 5. The van der Waals surface area contributed by atoms with Gasteiger partial charge in [-0.2, -0.15) is 0 Å². The molecular weight excluding hydrogens is 346 g/mol. The zero-order chi connectivity index (χ0) is 18.7. The van der Waals surface area contributed by atoms with Crippen LogP contribution in [0.2, 0.25) is 0 Å². The first-order chi connectivity index (χ1) is 12.4. The van der Waals surface area contributed by atoms with Crippen molar-refractivity contribution in [3.05, 3.63) is 29.3 Å². The van der Waals surface area contributed by atoms with Crippen LogP contribution < -0.4 is 5.32 Å². The molecule has 3 rings (SSSR count). The lowest BCUT2D eigenvalue weighted by molar-refractivity contribution is -0.132. The van der Waals surface area contributed by atoms with Crippen molar-refractivity contribution in [2.24, 2.45) is 11.8 Å². The van der Waals surface area contributed by atoms with Gasteiger partial charge in [0, 0.05) is 25.2 Å². The summed E-state index contributed by atoms with van der Waals surface area (Å²) >= 11 is 1.64. The molecule has 3 heterocycles. The largest absolute Gasteiger partial charge is 0.355 e. The lowest BCUT2D eigenvalue weighted by atomic mass is 9.95. The number of piperazine rings is 1. The van der Waals surface area contributed by atoms with Crippen LogP contribution in [0.15, 0.2) is 28.1 Å². The molecule has 0 radical (unpaired) electrons. The molecule has 0 aromatic carbocycles. The maximum Gasteiger partial charge on any atom is 0.237 e. The van der Waals surface area contributed by atoms with Crippen molar-refractivity contribution >= 4 is 17.2 Å². The van der Waals surface area contributed by atoms with Gasteiger partial charge in [0.05, 0.1) is 16.6 Å². The zero-order valence-corrected chi connectivity index (χ0v) is 16.9. The van der Waals surface area contributed by atoms with Gasteiger partial charge < -0.3 is 9.84 Å². The second-order valence-corrected chi connectivity index (χ2v) is 9.02. The topological polar surface area (TPSA) is 58.4 Å². The third-order valence-corrected chi connectivity index (χ3v) is 5.57. The Bertz CT molecular complexity index is 708. The van der Waals surface area contributed by atoms with Crippen LogP contribution in [0, 0.1) is 11.8 Å². The molecule has 1 aliphatic rings. The van der Waals surface area contributed by atoms with E-state index in [2.05, 4.69) is 43.1 Å². The Morgan fingerprint density at radius 2 is 2.08 bits per heavy atom. The van der Waals surface area contributed by atoms with Crippen LogP contribution in [-0.2, 0) is 11.3 Å². The summed E-state index contributed by atoms with van der Waals surface area (Å²) in [6.07, 6.45) is 1.85. The van der Waals surface area contributed by atoms with E-state index in [1.54, 1.807) is 11.3 Å². The molecule has 1 N–H and O–H groups in total. The number of amides is 1. The lowest BCUT2D eigenvalue weighted by Crippen LogP contribution is -2.60. The van der Waals surface area contributed by atoms with E-state index in [4.69, 9.17) is 4.52 Å². The molecule has 2 aromatic heterocycles. The van der Waals surface area contributed by atoms with Crippen molar-refractivity contribution in [3.63, 3.8) is 0 Å². The minimum absolute atomic E-state index is 0.0969. The van der Waals surface area contributed by atoms with Gasteiger partial charge in [0.25, 0.3) is 0 Å². The molecule has 1 amide bonds. The quantitative estimate of drug-likeness (QED) is 0.789. The van der Waals surface area contributed by atoms with Gasteiger partial charge in [0.15, 0.2) is 5.76 Å². The molecule has 0 spiro atoms. The molecule has 142 valence electrons. The number of carbonyl (C=O) groups excluding carboxylic acids is 1. The second-order valence-electron chi connectivity index (χ2n) is 8.07. The molecule has 0 bridgehead atoms. The molecule has 5 nitrogen and oxygen atoms in total. The maximum absolute atomic E-state index is 12.7. The highest BCUT2D eigenvalue weighted by Crippen LogP contribution is 2.27. The van der Waals surface area contributed by atoms with Gasteiger partial charge >= 0.3 is 0 Å². The van der Waals surface area contributed by atoms with Crippen molar-refractivity contribution in [1.82, 2.24) is 15.4 Å². The fraction of sp³-hybridized carbons (Fsp3) is 0.600. The minimum Gasteiger partial charge on any atom is -0.355 e. The summed E-state index contributed by atoms with van der Waals surface area (Å²) in [7, 11) is 0. The number of nitrogens with zero attached hydrogens (tertiary/aromatic N) is 2. The van der Waals surface area contributed by atoms with Crippen LogP contribution in [-0.4, -0.2) is 34.6 Å². The smallest absolute Gasteiger partial charge is 0.237 e. The van der Waals surface area contributed by atoms with Crippen molar-refractivity contribution in [2.45, 2.75) is 59.2 Å². The molecule has 0 saturated carbocycles. The number of nitrogens with one attached hydrogen (secondary N) is 1. The van der Waals surface area contributed by atoms with E-state index in [1.807, 2.05) is 23.6 Å². The number of aromatic nitrogens is 1. The predicted octanol–water partition coefficient (Wildman–Crippen LogP) is 4.16. The van der Waals surface area contributed by atoms with E-state index in [0.29, 0.717) is 18.4 Å². The highest BCUT2D eigenvalue weighted by atomic mass is 32.1. The second kappa shape index (κ2) is 8.35. The highest BCUT2D eigenvalue weighted by Gasteiger charge is 2.35. The van der Waals surface area contributed by atoms with Crippen molar-refractivity contribution in [1.29, 1.82) is 0 Å². The number of hydrogen-bond donors (Lipinski definition) is 1. The molecule has 1 fully saturated rings. The van der Waals surface area contributed by atoms with Gasteiger partial charge in [-0.1, -0.05) is 38.9 Å². The van der Waals surface area contributed by atoms with Crippen molar-refractivity contribution < 1.29 is 9.32 Å². The third kappa shape index (κ3) is 4.74. The fourth-order valence-electron chi connectivity index (χ4n) is 3.63.